The molecule has 2 aliphatic rings. The summed E-state index contributed by atoms with van der Waals surface area (Å²) >= 11 is 0. The lowest BCUT2D eigenvalue weighted by Crippen LogP contribution is -2.48. The number of pyridine rings is 1. The molecule has 2 aliphatic heterocycles. The lowest BCUT2D eigenvalue weighted by atomic mass is 9.96. The Kier molecular flexibility index (Phi) is 6.86. The Hall–Kier alpha value is -1.21. The average molecular weight is 362 g/mol. The van der Waals surface area contributed by atoms with Crippen LogP contribution in [0.15, 0.2) is 18.3 Å². The molecule has 1 aromatic rings. The van der Waals surface area contributed by atoms with Gasteiger partial charge in [-0.05, 0) is 30.0 Å². The molecular weight excluding hydrogens is 326 g/mol. The van der Waals surface area contributed by atoms with E-state index >= 15 is 0 Å². The maximum Gasteiger partial charge on any atom is 0.127 e. The van der Waals surface area contributed by atoms with Crippen molar-refractivity contribution in [3.05, 3.63) is 23.9 Å². The lowest BCUT2D eigenvalue weighted by Gasteiger charge is -2.36. The summed E-state index contributed by atoms with van der Waals surface area (Å²) in [6, 6.07) is 4.26. The van der Waals surface area contributed by atoms with Gasteiger partial charge in [-0.2, -0.15) is 0 Å². The van der Waals surface area contributed by atoms with Gasteiger partial charge >= 0.3 is 0 Å². The number of aliphatic hydroxyl groups is 1. The van der Waals surface area contributed by atoms with E-state index in [9.17, 15) is 5.11 Å². The fourth-order valence-corrected chi connectivity index (χ4v) is 4.23. The maximum atomic E-state index is 9.86. The highest BCUT2D eigenvalue weighted by atomic mass is 16.3. The fraction of sp³-hybridized carbons (Fsp3) is 0.750. The molecule has 0 saturated carbocycles. The van der Waals surface area contributed by atoms with Crippen molar-refractivity contribution in [2.45, 2.75) is 13.5 Å². The molecule has 0 spiro atoms. The molecule has 6 nitrogen and oxygen atoms in total. The van der Waals surface area contributed by atoms with Crippen molar-refractivity contribution >= 4 is 5.82 Å². The molecule has 3 heterocycles. The highest BCUT2D eigenvalue weighted by Gasteiger charge is 2.33. The van der Waals surface area contributed by atoms with E-state index < -0.39 is 0 Å². The van der Waals surface area contributed by atoms with E-state index in [-0.39, 0.29) is 0 Å². The summed E-state index contributed by atoms with van der Waals surface area (Å²) in [5.74, 6) is 1.96. The van der Waals surface area contributed by atoms with Crippen LogP contribution in [0.4, 0.5) is 5.82 Å². The van der Waals surface area contributed by atoms with Gasteiger partial charge in [-0.1, -0.05) is 13.0 Å². The quantitative estimate of drug-likeness (QED) is 0.776. The van der Waals surface area contributed by atoms with Gasteiger partial charge in [0.25, 0.3) is 0 Å². The molecule has 26 heavy (non-hydrogen) atoms. The monoisotopic (exact) mass is 361 g/mol. The summed E-state index contributed by atoms with van der Waals surface area (Å²) in [6.07, 6.45) is 1.99. The van der Waals surface area contributed by atoms with Crippen LogP contribution >= 0.6 is 0 Å². The van der Waals surface area contributed by atoms with Gasteiger partial charge in [0.1, 0.15) is 5.82 Å². The van der Waals surface area contributed by atoms with Crippen LogP contribution in [0.25, 0.3) is 0 Å². The van der Waals surface area contributed by atoms with Crippen LogP contribution in [-0.2, 0) is 6.54 Å². The number of aliphatic hydroxyl groups excluding tert-OH is 1. The second-order valence-corrected chi connectivity index (χ2v) is 8.05. The summed E-state index contributed by atoms with van der Waals surface area (Å²) in [7, 11) is 4.03. The summed E-state index contributed by atoms with van der Waals surface area (Å²) in [5.41, 5.74) is 1.25. The first kappa shape index (κ1) is 19.5. The number of nitrogens with zero attached hydrogens (tertiary/aromatic N) is 5. The predicted octanol–water partition coefficient (Wildman–Crippen LogP) is 0.825. The minimum absolute atomic E-state index is 0.300. The highest BCUT2D eigenvalue weighted by molar-refractivity contribution is 5.37. The van der Waals surface area contributed by atoms with Crippen molar-refractivity contribution in [1.29, 1.82) is 0 Å². The van der Waals surface area contributed by atoms with Crippen LogP contribution in [-0.4, -0.2) is 97.9 Å². The molecule has 2 fully saturated rings. The van der Waals surface area contributed by atoms with E-state index in [4.69, 9.17) is 0 Å². The molecule has 146 valence electrons. The highest BCUT2D eigenvalue weighted by Crippen LogP contribution is 2.26. The Labute approximate surface area is 158 Å². The number of anilines is 1. The lowest BCUT2D eigenvalue weighted by molar-refractivity contribution is 0.106. The van der Waals surface area contributed by atoms with Crippen LogP contribution < -0.4 is 4.90 Å². The van der Waals surface area contributed by atoms with Crippen molar-refractivity contribution in [1.82, 2.24) is 19.7 Å². The van der Waals surface area contributed by atoms with Gasteiger partial charge < -0.3 is 19.8 Å². The zero-order chi connectivity index (χ0) is 18.5. The Morgan fingerprint density at radius 3 is 2.31 bits per heavy atom. The van der Waals surface area contributed by atoms with Gasteiger partial charge in [-0.15, -0.1) is 0 Å². The summed E-state index contributed by atoms with van der Waals surface area (Å²) in [4.78, 5) is 14.1. The average Bonchev–Trinajstić information content (AvgIpc) is 3.04. The maximum absolute atomic E-state index is 9.86. The van der Waals surface area contributed by atoms with E-state index in [1.807, 2.05) is 25.2 Å². The van der Waals surface area contributed by atoms with Crippen LogP contribution in [0, 0.1) is 11.8 Å². The Balaban J connectivity index is 1.52. The number of piperazine rings is 1. The number of hydrogen-bond donors (Lipinski definition) is 1. The Morgan fingerprint density at radius 1 is 1.04 bits per heavy atom. The molecule has 0 unspecified atom stereocenters. The molecule has 3 rings (SSSR count). The molecule has 2 saturated heterocycles. The van der Waals surface area contributed by atoms with Gasteiger partial charge in [0, 0.05) is 79.3 Å². The third kappa shape index (κ3) is 4.94. The van der Waals surface area contributed by atoms with Crippen molar-refractivity contribution in [2.75, 3.05) is 78.0 Å². The van der Waals surface area contributed by atoms with Crippen molar-refractivity contribution in [3.8, 4) is 0 Å². The second kappa shape index (κ2) is 9.13. The normalized spacial score (nSPS) is 25.7. The molecule has 0 bridgehead atoms. The molecule has 0 amide bonds. The standard InChI is InChI=1S/C20H35N5O/c1-4-23-7-9-24(10-8-23)13-18-14-25(15-19(18)16-26)12-17-5-6-20(21-11-17)22(2)3/h5-6,11,18-19,26H,4,7-10,12-16H2,1-3H3/t18-,19-/m1/s1. The van der Waals surface area contributed by atoms with E-state index in [1.54, 1.807) is 0 Å². The molecule has 2 atom stereocenters. The molecule has 6 heteroatoms. The number of likely N-dealkylation sites (N-methyl/N-ethyl adjacent to an activating group) is 1. The van der Waals surface area contributed by atoms with Gasteiger partial charge in [-0.3, -0.25) is 4.90 Å². The number of likely N-dealkylation sites (tertiary alicyclic amines) is 1. The van der Waals surface area contributed by atoms with Crippen LogP contribution in [0.2, 0.25) is 0 Å². The van der Waals surface area contributed by atoms with Crippen LogP contribution in [0.5, 0.6) is 0 Å². The first-order chi connectivity index (χ1) is 12.6. The summed E-state index contributed by atoms with van der Waals surface area (Å²) in [6.45, 7) is 12.5. The van der Waals surface area contributed by atoms with Gasteiger partial charge in [0.2, 0.25) is 0 Å². The third-order valence-corrected chi connectivity index (χ3v) is 5.96. The van der Waals surface area contributed by atoms with Gasteiger partial charge in [0.05, 0.1) is 0 Å². The van der Waals surface area contributed by atoms with Crippen molar-refractivity contribution < 1.29 is 5.11 Å². The minimum atomic E-state index is 0.300. The topological polar surface area (TPSA) is 46.1 Å². The fourth-order valence-electron chi connectivity index (χ4n) is 4.23. The van der Waals surface area contributed by atoms with Gasteiger partial charge in [0.15, 0.2) is 0 Å². The predicted molar refractivity (Wildman–Crippen MR) is 106 cm³/mol. The Bertz CT molecular complexity index is 542. The van der Waals surface area contributed by atoms with E-state index in [1.165, 1.54) is 31.7 Å². The van der Waals surface area contributed by atoms with Crippen LogP contribution in [0.3, 0.4) is 0 Å². The molecule has 0 aliphatic carbocycles. The molecular formula is C20H35N5O. The largest absolute Gasteiger partial charge is 0.396 e. The summed E-state index contributed by atoms with van der Waals surface area (Å²) < 4.78 is 0. The molecule has 0 radical (unpaired) electrons. The Morgan fingerprint density at radius 2 is 1.73 bits per heavy atom. The van der Waals surface area contributed by atoms with E-state index in [2.05, 4.69) is 38.7 Å². The zero-order valence-electron chi connectivity index (χ0n) is 16.6. The first-order valence-electron chi connectivity index (χ1n) is 9.99. The first-order valence-corrected chi connectivity index (χ1v) is 9.99. The molecule has 0 aromatic carbocycles. The third-order valence-electron chi connectivity index (χ3n) is 5.96. The number of rotatable bonds is 7. The van der Waals surface area contributed by atoms with Crippen molar-refractivity contribution in [3.63, 3.8) is 0 Å². The summed E-state index contributed by atoms with van der Waals surface area (Å²) in [5, 5.41) is 9.86. The number of aromatic nitrogens is 1. The van der Waals surface area contributed by atoms with Crippen LogP contribution in [0.1, 0.15) is 12.5 Å². The van der Waals surface area contributed by atoms with Crippen molar-refractivity contribution in [2.24, 2.45) is 11.8 Å². The van der Waals surface area contributed by atoms with E-state index in [0.717, 1.165) is 38.5 Å². The minimum Gasteiger partial charge on any atom is -0.396 e. The zero-order valence-corrected chi connectivity index (χ0v) is 16.6. The second-order valence-electron chi connectivity index (χ2n) is 8.05. The molecule has 1 aromatic heterocycles. The van der Waals surface area contributed by atoms with Gasteiger partial charge in [-0.25, -0.2) is 4.98 Å². The SMILES string of the molecule is CCN1CCN(C[C@@H]2CN(Cc3ccc(N(C)C)nc3)C[C@@H]2CO)CC1. The smallest absolute Gasteiger partial charge is 0.127 e. The molecule has 1 N–H and O–H groups in total. The number of hydrogen-bond acceptors (Lipinski definition) is 6. The van der Waals surface area contributed by atoms with E-state index in [0.29, 0.717) is 18.4 Å².